The van der Waals surface area contributed by atoms with Crippen LogP contribution >= 0.6 is 0 Å². The van der Waals surface area contributed by atoms with Crippen LogP contribution in [0.2, 0.25) is 0 Å². The lowest BCUT2D eigenvalue weighted by molar-refractivity contribution is -0.129. The minimum Gasteiger partial charge on any atom is -0.497 e. The highest BCUT2D eigenvalue weighted by atomic mass is 16.5. The van der Waals surface area contributed by atoms with Gasteiger partial charge in [0.1, 0.15) is 11.4 Å². The SMILES string of the molecule is COc1ccc2[nH]c(C(=O)N3C[C@H]4CC[C@@H]3CN(C(C)=O)C4)c(C)c2c1. The Balaban J connectivity index is 1.66. The number of amides is 2. The Hall–Kier alpha value is -2.50. The monoisotopic (exact) mass is 355 g/mol. The molecule has 3 aliphatic rings. The summed E-state index contributed by atoms with van der Waals surface area (Å²) in [6.45, 7) is 5.73. The first-order valence-corrected chi connectivity index (χ1v) is 9.20. The number of methoxy groups -OCH3 is 1. The number of rotatable bonds is 2. The summed E-state index contributed by atoms with van der Waals surface area (Å²) in [5, 5.41) is 1.01. The Kier molecular flexibility index (Phi) is 4.13. The number of benzene rings is 1. The molecular weight excluding hydrogens is 330 g/mol. The van der Waals surface area contributed by atoms with E-state index >= 15 is 0 Å². The van der Waals surface area contributed by atoms with Crippen molar-refractivity contribution in [1.29, 1.82) is 0 Å². The van der Waals surface area contributed by atoms with E-state index in [2.05, 4.69) is 4.98 Å². The van der Waals surface area contributed by atoms with Crippen molar-refractivity contribution in [3.8, 4) is 5.75 Å². The summed E-state index contributed by atoms with van der Waals surface area (Å²) >= 11 is 0. The highest BCUT2D eigenvalue weighted by molar-refractivity contribution is 6.01. The van der Waals surface area contributed by atoms with E-state index in [1.165, 1.54) is 0 Å². The zero-order chi connectivity index (χ0) is 18.4. The normalized spacial score (nSPS) is 22.6. The van der Waals surface area contributed by atoms with E-state index in [9.17, 15) is 9.59 Å². The van der Waals surface area contributed by atoms with Crippen molar-refractivity contribution in [2.45, 2.75) is 32.7 Å². The third-order valence-electron chi connectivity index (χ3n) is 5.90. The van der Waals surface area contributed by atoms with E-state index in [1.54, 1.807) is 14.0 Å². The fourth-order valence-electron chi connectivity index (χ4n) is 4.38. The fraction of sp³-hybridized carbons (Fsp3) is 0.500. The number of hydrogen-bond donors (Lipinski definition) is 1. The number of nitrogens with zero attached hydrogens (tertiary/aromatic N) is 2. The van der Waals surface area contributed by atoms with Crippen LogP contribution in [0, 0.1) is 12.8 Å². The van der Waals surface area contributed by atoms with Gasteiger partial charge in [-0.3, -0.25) is 9.59 Å². The van der Waals surface area contributed by atoms with Gasteiger partial charge in [-0.2, -0.15) is 0 Å². The molecule has 2 bridgehead atoms. The number of carbonyl (C=O) groups is 2. The molecule has 1 N–H and O–H groups in total. The molecule has 0 spiro atoms. The number of aryl methyl sites for hydroxylation is 1. The van der Waals surface area contributed by atoms with Gasteiger partial charge in [0.25, 0.3) is 5.91 Å². The molecule has 0 unspecified atom stereocenters. The summed E-state index contributed by atoms with van der Waals surface area (Å²) < 4.78 is 5.31. The van der Waals surface area contributed by atoms with Crippen molar-refractivity contribution in [3.05, 3.63) is 29.5 Å². The Morgan fingerprint density at radius 3 is 2.73 bits per heavy atom. The van der Waals surface area contributed by atoms with Crippen molar-refractivity contribution in [3.63, 3.8) is 0 Å². The summed E-state index contributed by atoms with van der Waals surface area (Å²) in [5.74, 6) is 1.29. The Morgan fingerprint density at radius 1 is 1.19 bits per heavy atom. The lowest BCUT2D eigenvalue weighted by Crippen LogP contribution is -2.47. The van der Waals surface area contributed by atoms with Crippen LogP contribution < -0.4 is 4.74 Å². The Bertz CT molecular complexity index is 873. The number of piperidine rings is 1. The summed E-state index contributed by atoms with van der Waals surface area (Å²) in [5.41, 5.74) is 2.54. The van der Waals surface area contributed by atoms with Gasteiger partial charge in [-0.1, -0.05) is 0 Å². The molecule has 0 radical (unpaired) electrons. The van der Waals surface area contributed by atoms with Gasteiger partial charge in [0.05, 0.1) is 7.11 Å². The Labute approximate surface area is 153 Å². The second kappa shape index (κ2) is 6.34. The predicted octanol–water partition coefficient (Wildman–Crippen LogP) is 2.57. The largest absolute Gasteiger partial charge is 0.497 e. The van der Waals surface area contributed by atoms with Gasteiger partial charge >= 0.3 is 0 Å². The van der Waals surface area contributed by atoms with E-state index < -0.39 is 0 Å². The molecule has 0 saturated carbocycles. The quantitative estimate of drug-likeness (QED) is 0.900. The molecule has 3 aliphatic heterocycles. The lowest BCUT2D eigenvalue weighted by Gasteiger charge is -2.36. The highest BCUT2D eigenvalue weighted by Gasteiger charge is 2.38. The summed E-state index contributed by atoms with van der Waals surface area (Å²) in [7, 11) is 1.64. The van der Waals surface area contributed by atoms with Crippen LogP contribution in [0.15, 0.2) is 18.2 Å². The van der Waals surface area contributed by atoms with Crippen LogP contribution in [0.25, 0.3) is 10.9 Å². The molecule has 1 aromatic carbocycles. The third-order valence-corrected chi connectivity index (χ3v) is 5.90. The molecule has 5 rings (SSSR count). The highest BCUT2D eigenvalue weighted by Crippen LogP contribution is 2.32. The van der Waals surface area contributed by atoms with Crippen molar-refractivity contribution in [2.75, 3.05) is 26.7 Å². The molecule has 3 fully saturated rings. The standard InChI is InChI=1S/C20H25N3O3/c1-12-17-8-16(26-3)6-7-18(17)21-19(12)20(25)23-10-14-4-5-15(23)11-22(9-14)13(2)24/h6-8,14-15,21H,4-5,9-11H2,1-3H3/t14-,15+/m0/s1. The fourth-order valence-corrected chi connectivity index (χ4v) is 4.38. The molecule has 2 amide bonds. The van der Waals surface area contributed by atoms with E-state index in [-0.39, 0.29) is 17.9 Å². The van der Waals surface area contributed by atoms with E-state index in [0.29, 0.717) is 18.2 Å². The topological polar surface area (TPSA) is 65.6 Å². The number of H-pyrrole nitrogens is 1. The van der Waals surface area contributed by atoms with Gasteiger partial charge in [-0.05, 0) is 49.4 Å². The molecule has 3 saturated heterocycles. The van der Waals surface area contributed by atoms with Crippen molar-refractivity contribution in [2.24, 2.45) is 5.92 Å². The number of aromatic nitrogens is 1. The molecule has 2 atom stereocenters. The second-order valence-corrected chi connectivity index (χ2v) is 7.52. The van der Waals surface area contributed by atoms with Gasteiger partial charge in [0, 0.05) is 43.5 Å². The molecule has 0 aliphatic carbocycles. The van der Waals surface area contributed by atoms with Crippen molar-refractivity contribution >= 4 is 22.7 Å². The molecule has 138 valence electrons. The van der Waals surface area contributed by atoms with Crippen LogP contribution in [0.4, 0.5) is 0 Å². The minimum absolute atomic E-state index is 0.0396. The average Bonchev–Trinajstić information content (AvgIpc) is 2.81. The number of carbonyl (C=O) groups excluding carboxylic acids is 2. The van der Waals surface area contributed by atoms with Gasteiger partial charge in [0.15, 0.2) is 0 Å². The number of hydrogen-bond acceptors (Lipinski definition) is 3. The first-order valence-electron chi connectivity index (χ1n) is 9.20. The molecule has 6 nitrogen and oxygen atoms in total. The second-order valence-electron chi connectivity index (χ2n) is 7.52. The Morgan fingerprint density at radius 2 is 2.00 bits per heavy atom. The van der Waals surface area contributed by atoms with Gasteiger partial charge in [-0.15, -0.1) is 0 Å². The lowest BCUT2D eigenvalue weighted by atomic mass is 9.94. The maximum atomic E-state index is 13.3. The molecule has 26 heavy (non-hydrogen) atoms. The third kappa shape index (κ3) is 2.73. The number of nitrogens with one attached hydrogen (secondary N) is 1. The number of fused-ring (bicyclic) bond motifs is 5. The first-order chi connectivity index (χ1) is 12.5. The van der Waals surface area contributed by atoms with E-state index in [4.69, 9.17) is 4.74 Å². The summed E-state index contributed by atoms with van der Waals surface area (Å²) in [4.78, 5) is 32.4. The van der Waals surface area contributed by atoms with Crippen molar-refractivity contribution in [1.82, 2.24) is 14.8 Å². The van der Waals surface area contributed by atoms with Gasteiger partial charge in [-0.25, -0.2) is 0 Å². The van der Waals surface area contributed by atoms with E-state index in [0.717, 1.165) is 48.1 Å². The molecular formula is C20H25N3O3. The predicted molar refractivity (Wildman–Crippen MR) is 99.4 cm³/mol. The molecule has 6 heteroatoms. The molecule has 1 aromatic heterocycles. The maximum absolute atomic E-state index is 13.3. The van der Waals surface area contributed by atoms with Gasteiger partial charge < -0.3 is 19.5 Å². The zero-order valence-corrected chi connectivity index (χ0v) is 15.5. The van der Waals surface area contributed by atoms with Gasteiger partial charge in [0.2, 0.25) is 5.91 Å². The first kappa shape index (κ1) is 16.9. The minimum atomic E-state index is 0.0396. The molecule has 4 heterocycles. The van der Waals surface area contributed by atoms with Crippen LogP contribution in [-0.2, 0) is 4.79 Å². The van der Waals surface area contributed by atoms with Crippen LogP contribution in [0.5, 0.6) is 5.75 Å². The average molecular weight is 355 g/mol. The van der Waals surface area contributed by atoms with E-state index in [1.807, 2.05) is 34.9 Å². The molecule has 2 aromatic rings. The summed E-state index contributed by atoms with van der Waals surface area (Å²) in [6.07, 6.45) is 2.05. The van der Waals surface area contributed by atoms with Crippen LogP contribution in [0.3, 0.4) is 0 Å². The van der Waals surface area contributed by atoms with Crippen LogP contribution in [0.1, 0.15) is 35.8 Å². The van der Waals surface area contributed by atoms with Crippen molar-refractivity contribution < 1.29 is 14.3 Å². The number of aromatic amines is 1. The maximum Gasteiger partial charge on any atom is 0.270 e. The van der Waals surface area contributed by atoms with Crippen LogP contribution in [-0.4, -0.2) is 59.4 Å². The number of ether oxygens (including phenoxy) is 1. The smallest absolute Gasteiger partial charge is 0.270 e. The zero-order valence-electron chi connectivity index (χ0n) is 15.5. The summed E-state index contributed by atoms with van der Waals surface area (Å²) in [6, 6.07) is 5.91.